The number of carboxylic acids is 1. The summed E-state index contributed by atoms with van der Waals surface area (Å²) >= 11 is 1.60. The van der Waals surface area contributed by atoms with Crippen molar-refractivity contribution in [3.63, 3.8) is 0 Å². The summed E-state index contributed by atoms with van der Waals surface area (Å²) < 4.78 is 14.3. The van der Waals surface area contributed by atoms with E-state index in [4.69, 9.17) is 10.8 Å². The lowest BCUT2D eigenvalue weighted by Crippen LogP contribution is -2.42. The number of amides is 1. The Morgan fingerprint density at radius 3 is 2.65 bits per heavy atom. The topological polar surface area (TPSA) is 101 Å². The molecule has 1 saturated heterocycles. The van der Waals surface area contributed by atoms with Crippen molar-refractivity contribution in [2.45, 2.75) is 38.8 Å². The number of aromatic nitrogens is 2. The van der Waals surface area contributed by atoms with E-state index in [-0.39, 0.29) is 23.5 Å². The number of aromatic carboxylic acids is 1. The zero-order valence-electron chi connectivity index (χ0n) is 20.9. The van der Waals surface area contributed by atoms with Crippen LogP contribution in [0, 0.1) is 25.6 Å². The fraction of sp³-hybridized carbons (Fsp3) is 0.321. The first kappa shape index (κ1) is 25.1. The second-order valence-corrected chi connectivity index (χ2v) is 11.0. The summed E-state index contributed by atoms with van der Waals surface area (Å²) in [6.07, 6.45) is 2.18. The van der Waals surface area contributed by atoms with Crippen molar-refractivity contribution >= 4 is 34.1 Å². The first-order chi connectivity index (χ1) is 17.7. The van der Waals surface area contributed by atoms with Crippen LogP contribution in [-0.2, 0) is 7.05 Å². The monoisotopic (exact) mass is 520 g/mol. The third-order valence-corrected chi connectivity index (χ3v) is 8.18. The van der Waals surface area contributed by atoms with E-state index in [9.17, 15) is 14.0 Å². The van der Waals surface area contributed by atoms with Crippen LogP contribution in [0.5, 0.6) is 0 Å². The molecular formula is C28H29FN4O3S. The number of piperidine rings is 1. The van der Waals surface area contributed by atoms with Crippen molar-refractivity contribution in [3.05, 3.63) is 76.3 Å². The first-order valence-electron chi connectivity index (χ1n) is 12.2. The number of nitrogens with two attached hydrogens (primary N) is 1. The van der Waals surface area contributed by atoms with E-state index < -0.39 is 5.97 Å². The first-order valence-corrected chi connectivity index (χ1v) is 13.0. The molecule has 0 radical (unpaired) electrons. The molecule has 2 aromatic carbocycles. The maximum absolute atomic E-state index is 13.2. The second kappa shape index (κ2) is 9.72. The normalized spacial score (nSPS) is 19.9. The number of hydrogen-bond donors (Lipinski definition) is 2. The Balaban J connectivity index is 0.000000171. The van der Waals surface area contributed by atoms with E-state index in [2.05, 4.69) is 30.1 Å². The van der Waals surface area contributed by atoms with E-state index in [0.717, 1.165) is 28.3 Å². The lowest BCUT2D eigenvalue weighted by Gasteiger charge is -2.26. The van der Waals surface area contributed by atoms with Gasteiger partial charge in [0.2, 0.25) is 0 Å². The molecule has 0 unspecified atom stereocenters. The number of carbonyl (C=O) groups excluding carboxylic acids is 1. The van der Waals surface area contributed by atoms with Crippen LogP contribution in [0.3, 0.4) is 0 Å². The lowest BCUT2D eigenvalue weighted by atomic mass is 10.1. The number of benzene rings is 2. The predicted molar refractivity (Wildman–Crippen MR) is 142 cm³/mol. The van der Waals surface area contributed by atoms with Gasteiger partial charge in [-0.1, -0.05) is 29.8 Å². The third-order valence-electron chi connectivity index (χ3n) is 7.16. The number of nitrogens with zero attached hydrogens (tertiary/aromatic N) is 3. The number of halogens is 1. The Kier molecular flexibility index (Phi) is 6.59. The number of likely N-dealkylation sites (tertiary alicyclic amines) is 1. The standard InChI is InChI=1S/C18H21N3OS.C10H8FNO2/c1-10-4-3-5-12(6-10)17-16(20-11(2)23-17)18(22)21-14(9-19)7-13-8-15(13)21;1-12-8-3-2-7(11)4-6(8)5-9(12)10(13)14/h3-6,13-15H,7-9,19H2,1-2H3;2-5H,1H3,(H,13,14)/t13-,14+,15+;/m1./s1. The van der Waals surface area contributed by atoms with E-state index >= 15 is 0 Å². The smallest absolute Gasteiger partial charge is 0.352 e. The van der Waals surface area contributed by atoms with Crippen LogP contribution in [0.4, 0.5) is 4.39 Å². The zero-order chi connectivity index (χ0) is 26.4. The molecule has 2 aromatic heterocycles. The van der Waals surface area contributed by atoms with E-state index in [1.165, 1.54) is 28.3 Å². The van der Waals surface area contributed by atoms with Crippen LogP contribution in [0.2, 0.25) is 0 Å². The van der Waals surface area contributed by atoms with Crippen molar-refractivity contribution in [2.75, 3.05) is 6.54 Å². The van der Waals surface area contributed by atoms with Gasteiger partial charge in [0.15, 0.2) is 0 Å². The predicted octanol–water partition coefficient (Wildman–Crippen LogP) is 5.00. The van der Waals surface area contributed by atoms with Crippen molar-refractivity contribution in [1.82, 2.24) is 14.5 Å². The summed E-state index contributed by atoms with van der Waals surface area (Å²) in [5, 5.41) is 10.4. The van der Waals surface area contributed by atoms with Crippen LogP contribution in [0.1, 0.15) is 44.4 Å². The molecule has 9 heteroatoms. The van der Waals surface area contributed by atoms with Gasteiger partial charge >= 0.3 is 5.97 Å². The van der Waals surface area contributed by atoms with Crippen LogP contribution in [0.25, 0.3) is 21.3 Å². The minimum atomic E-state index is -1.01. The highest BCUT2D eigenvalue weighted by Crippen LogP contribution is 2.48. The van der Waals surface area contributed by atoms with Crippen LogP contribution in [-0.4, -0.2) is 50.1 Å². The van der Waals surface area contributed by atoms with E-state index in [1.54, 1.807) is 24.5 Å². The summed E-state index contributed by atoms with van der Waals surface area (Å²) in [5.74, 6) is -0.648. The fourth-order valence-corrected chi connectivity index (χ4v) is 6.19. The molecule has 37 heavy (non-hydrogen) atoms. The number of fused-ring (bicyclic) bond motifs is 2. The van der Waals surface area contributed by atoms with Gasteiger partial charge in [-0.15, -0.1) is 11.3 Å². The highest BCUT2D eigenvalue weighted by Gasteiger charge is 2.54. The van der Waals surface area contributed by atoms with Crippen LogP contribution < -0.4 is 5.73 Å². The van der Waals surface area contributed by atoms with Crippen molar-refractivity contribution in [3.8, 4) is 10.4 Å². The minimum Gasteiger partial charge on any atom is -0.477 e. The highest BCUT2D eigenvalue weighted by molar-refractivity contribution is 7.15. The highest BCUT2D eigenvalue weighted by atomic mass is 32.1. The Morgan fingerprint density at radius 1 is 1.16 bits per heavy atom. The van der Waals surface area contributed by atoms with Gasteiger partial charge in [-0.3, -0.25) is 4.79 Å². The molecule has 3 N–H and O–H groups in total. The molecule has 2 aliphatic rings. The molecule has 2 fully saturated rings. The van der Waals surface area contributed by atoms with E-state index in [0.29, 0.717) is 35.1 Å². The Morgan fingerprint density at radius 2 is 1.95 bits per heavy atom. The zero-order valence-corrected chi connectivity index (χ0v) is 21.8. The molecule has 6 rings (SSSR count). The SMILES string of the molecule is Cc1cccc(-c2sc(C)nc2C(=O)N2[C@H](CN)C[C@@H]3C[C@@H]32)c1.Cn1c(C(=O)O)cc2cc(F)ccc21. The Bertz CT molecular complexity index is 1510. The van der Waals surface area contributed by atoms with Gasteiger partial charge in [-0.05, 0) is 62.4 Å². The maximum atomic E-state index is 13.2. The molecule has 7 nitrogen and oxygen atoms in total. The van der Waals surface area contributed by atoms with Crippen molar-refractivity contribution < 1.29 is 19.1 Å². The van der Waals surface area contributed by atoms with Crippen molar-refractivity contribution in [2.24, 2.45) is 18.7 Å². The Hall–Kier alpha value is -3.56. The summed E-state index contributed by atoms with van der Waals surface area (Å²) in [4.78, 5) is 31.5. The minimum absolute atomic E-state index is 0.0614. The molecule has 1 aliphatic heterocycles. The molecule has 1 aliphatic carbocycles. The number of rotatable bonds is 4. The molecule has 4 aromatic rings. The lowest BCUT2D eigenvalue weighted by molar-refractivity contribution is 0.0682. The molecule has 3 atom stereocenters. The average molecular weight is 521 g/mol. The second-order valence-electron chi connectivity index (χ2n) is 9.78. The number of thiazole rings is 1. The third kappa shape index (κ3) is 4.76. The van der Waals surface area contributed by atoms with Gasteiger partial charge in [0, 0.05) is 36.6 Å². The fourth-order valence-electron chi connectivity index (χ4n) is 5.29. The number of carboxylic acid groups (broad SMARTS) is 1. The summed E-state index contributed by atoms with van der Waals surface area (Å²) in [5.41, 5.74) is 9.62. The largest absolute Gasteiger partial charge is 0.477 e. The van der Waals surface area contributed by atoms with Gasteiger partial charge in [-0.2, -0.15) is 0 Å². The Labute approximate surface area is 218 Å². The van der Waals surface area contributed by atoms with E-state index in [1.807, 2.05) is 17.9 Å². The average Bonchev–Trinajstić information content (AvgIpc) is 3.19. The van der Waals surface area contributed by atoms with Gasteiger partial charge in [0.1, 0.15) is 17.2 Å². The maximum Gasteiger partial charge on any atom is 0.352 e. The number of carbonyl (C=O) groups is 2. The molecule has 192 valence electrons. The van der Waals surface area contributed by atoms with Gasteiger partial charge in [0.25, 0.3) is 5.91 Å². The van der Waals surface area contributed by atoms with Gasteiger partial charge in [-0.25, -0.2) is 14.2 Å². The summed E-state index contributed by atoms with van der Waals surface area (Å²) in [6.45, 7) is 4.57. The number of hydrogen-bond acceptors (Lipinski definition) is 5. The number of aryl methyl sites for hydroxylation is 3. The molecule has 3 heterocycles. The molecule has 1 saturated carbocycles. The van der Waals surface area contributed by atoms with Gasteiger partial charge < -0.3 is 20.3 Å². The summed E-state index contributed by atoms with van der Waals surface area (Å²) in [7, 11) is 1.64. The van der Waals surface area contributed by atoms with Crippen LogP contribution >= 0.6 is 11.3 Å². The van der Waals surface area contributed by atoms with Gasteiger partial charge in [0.05, 0.1) is 9.88 Å². The van der Waals surface area contributed by atoms with Crippen LogP contribution in [0.15, 0.2) is 48.5 Å². The molecule has 0 bridgehead atoms. The molecular weight excluding hydrogens is 491 g/mol. The quantitative estimate of drug-likeness (QED) is 0.394. The molecule has 0 spiro atoms. The summed E-state index contributed by atoms with van der Waals surface area (Å²) in [6, 6.07) is 14.5. The van der Waals surface area contributed by atoms with Crippen molar-refractivity contribution in [1.29, 1.82) is 0 Å². The molecule has 1 amide bonds.